The molecule has 1 aromatic rings. The standard InChI is InChI=1S/C16H24N2O2/c1-3-4-5-15(18-10-8-17-9-11-18)14-7-6-13(20-2)12-16(14)19/h3,6-7,12,15,17,19H,1,4-5,8-11H2,2H3/t15-/m0/s1. The van der Waals surface area contributed by atoms with Crippen LogP contribution in [0.15, 0.2) is 30.9 Å². The summed E-state index contributed by atoms with van der Waals surface area (Å²) in [6.45, 7) is 7.83. The van der Waals surface area contributed by atoms with Crippen molar-refractivity contribution in [3.63, 3.8) is 0 Å². The van der Waals surface area contributed by atoms with E-state index in [0.29, 0.717) is 11.5 Å². The third-order valence-corrected chi connectivity index (χ3v) is 3.83. The van der Waals surface area contributed by atoms with Gasteiger partial charge < -0.3 is 15.2 Å². The normalized spacial score (nSPS) is 17.6. The monoisotopic (exact) mass is 276 g/mol. The number of phenolic OH excluding ortho intramolecular Hbond substituents is 1. The number of ether oxygens (including phenoxy) is 1. The van der Waals surface area contributed by atoms with Gasteiger partial charge in [-0.2, -0.15) is 0 Å². The van der Waals surface area contributed by atoms with Crippen LogP contribution in [0, 0.1) is 0 Å². The molecule has 20 heavy (non-hydrogen) atoms. The number of rotatable bonds is 6. The van der Waals surface area contributed by atoms with Gasteiger partial charge in [0.15, 0.2) is 0 Å². The summed E-state index contributed by atoms with van der Waals surface area (Å²) in [5.41, 5.74) is 0.981. The first-order valence-corrected chi connectivity index (χ1v) is 7.19. The van der Waals surface area contributed by atoms with E-state index in [1.165, 1.54) is 0 Å². The lowest BCUT2D eigenvalue weighted by Crippen LogP contribution is -2.45. The van der Waals surface area contributed by atoms with E-state index in [-0.39, 0.29) is 6.04 Å². The van der Waals surface area contributed by atoms with Crippen molar-refractivity contribution in [1.29, 1.82) is 0 Å². The highest BCUT2D eigenvalue weighted by Gasteiger charge is 2.23. The molecule has 1 aromatic carbocycles. The van der Waals surface area contributed by atoms with Crippen LogP contribution in [0.4, 0.5) is 0 Å². The van der Waals surface area contributed by atoms with E-state index < -0.39 is 0 Å². The molecule has 0 aliphatic carbocycles. The number of phenols is 1. The minimum absolute atomic E-state index is 0.237. The lowest BCUT2D eigenvalue weighted by atomic mass is 9.98. The Bertz CT molecular complexity index is 442. The number of nitrogens with one attached hydrogen (secondary N) is 1. The van der Waals surface area contributed by atoms with Crippen molar-refractivity contribution in [2.75, 3.05) is 33.3 Å². The van der Waals surface area contributed by atoms with Crippen molar-refractivity contribution < 1.29 is 9.84 Å². The quantitative estimate of drug-likeness (QED) is 0.783. The van der Waals surface area contributed by atoms with Gasteiger partial charge in [-0.05, 0) is 18.9 Å². The molecule has 0 amide bonds. The van der Waals surface area contributed by atoms with E-state index in [1.54, 1.807) is 13.2 Å². The number of piperazine rings is 1. The maximum Gasteiger partial charge on any atom is 0.124 e. The number of nitrogens with zero attached hydrogens (tertiary/aromatic N) is 1. The van der Waals surface area contributed by atoms with Crippen LogP contribution in [0.3, 0.4) is 0 Å². The van der Waals surface area contributed by atoms with E-state index >= 15 is 0 Å². The van der Waals surface area contributed by atoms with Gasteiger partial charge in [-0.3, -0.25) is 4.90 Å². The second kappa shape index (κ2) is 7.31. The van der Waals surface area contributed by atoms with Gasteiger partial charge in [-0.25, -0.2) is 0 Å². The van der Waals surface area contributed by atoms with Gasteiger partial charge in [0, 0.05) is 43.9 Å². The third kappa shape index (κ3) is 3.52. The Kier molecular flexibility index (Phi) is 5.44. The topological polar surface area (TPSA) is 44.7 Å². The van der Waals surface area contributed by atoms with E-state index in [2.05, 4.69) is 16.8 Å². The second-order valence-corrected chi connectivity index (χ2v) is 5.09. The Morgan fingerprint density at radius 1 is 1.45 bits per heavy atom. The minimum atomic E-state index is 0.237. The highest BCUT2D eigenvalue weighted by Crippen LogP contribution is 2.34. The zero-order chi connectivity index (χ0) is 14.4. The van der Waals surface area contributed by atoms with Crippen LogP contribution in [-0.4, -0.2) is 43.3 Å². The van der Waals surface area contributed by atoms with Gasteiger partial charge in [0.2, 0.25) is 0 Å². The number of benzene rings is 1. The van der Waals surface area contributed by atoms with E-state index in [4.69, 9.17) is 4.74 Å². The fourth-order valence-electron chi connectivity index (χ4n) is 2.74. The highest BCUT2D eigenvalue weighted by atomic mass is 16.5. The summed E-state index contributed by atoms with van der Waals surface area (Å²) in [7, 11) is 1.61. The molecule has 0 bridgehead atoms. The molecule has 0 unspecified atom stereocenters. The first kappa shape index (κ1) is 14.9. The lowest BCUT2D eigenvalue weighted by Gasteiger charge is -2.35. The number of aromatic hydroxyl groups is 1. The second-order valence-electron chi connectivity index (χ2n) is 5.09. The van der Waals surface area contributed by atoms with Crippen molar-refractivity contribution in [3.8, 4) is 11.5 Å². The predicted octanol–water partition coefficient (Wildman–Crippen LogP) is 2.31. The fraction of sp³-hybridized carbons (Fsp3) is 0.500. The molecule has 1 fully saturated rings. The van der Waals surface area contributed by atoms with Crippen LogP contribution in [0.25, 0.3) is 0 Å². The van der Waals surface area contributed by atoms with Gasteiger partial charge in [0.25, 0.3) is 0 Å². The van der Waals surface area contributed by atoms with Crippen LogP contribution in [0.2, 0.25) is 0 Å². The number of methoxy groups -OCH3 is 1. The molecule has 4 heteroatoms. The maximum absolute atomic E-state index is 10.3. The van der Waals surface area contributed by atoms with E-state index in [0.717, 1.165) is 44.6 Å². The van der Waals surface area contributed by atoms with Crippen LogP contribution in [0.5, 0.6) is 11.5 Å². The summed E-state index contributed by atoms with van der Waals surface area (Å²) in [6, 6.07) is 5.82. The zero-order valence-electron chi connectivity index (χ0n) is 12.1. The molecule has 1 atom stereocenters. The van der Waals surface area contributed by atoms with E-state index in [9.17, 15) is 5.11 Å². The van der Waals surface area contributed by atoms with Gasteiger partial charge in [0.1, 0.15) is 11.5 Å². The van der Waals surface area contributed by atoms with Gasteiger partial charge >= 0.3 is 0 Å². The Morgan fingerprint density at radius 2 is 2.20 bits per heavy atom. The number of hydrogen-bond acceptors (Lipinski definition) is 4. The molecule has 0 saturated carbocycles. The summed E-state index contributed by atoms with van der Waals surface area (Å²) >= 11 is 0. The van der Waals surface area contributed by atoms with Gasteiger partial charge in [-0.15, -0.1) is 6.58 Å². The van der Waals surface area contributed by atoms with Crippen molar-refractivity contribution in [2.45, 2.75) is 18.9 Å². The van der Waals surface area contributed by atoms with E-state index in [1.807, 2.05) is 18.2 Å². The molecule has 4 nitrogen and oxygen atoms in total. The zero-order valence-corrected chi connectivity index (χ0v) is 12.1. The van der Waals surface area contributed by atoms with Crippen molar-refractivity contribution in [3.05, 3.63) is 36.4 Å². The Morgan fingerprint density at radius 3 is 2.80 bits per heavy atom. The Labute approximate surface area is 121 Å². The largest absolute Gasteiger partial charge is 0.507 e. The molecule has 2 N–H and O–H groups in total. The maximum atomic E-state index is 10.3. The summed E-state index contributed by atoms with van der Waals surface area (Å²) < 4.78 is 5.16. The molecule has 0 aromatic heterocycles. The smallest absolute Gasteiger partial charge is 0.124 e. The van der Waals surface area contributed by atoms with Crippen LogP contribution >= 0.6 is 0 Å². The van der Waals surface area contributed by atoms with Crippen molar-refractivity contribution in [1.82, 2.24) is 10.2 Å². The number of hydrogen-bond donors (Lipinski definition) is 2. The fourth-order valence-corrected chi connectivity index (χ4v) is 2.74. The molecular formula is C16H24N2O2. The summed E-state index contributed by atoms with van der Waals surface area (Å²) in [4.78, 5) is 2.43. The Hall–Kier alpha value is -1.52. The molecular weight excluding hydrogens is 252 g/mol. The molecule has 1 aliphatic rings. The molecule has 110 valence electrons. The molecule has 1 saturated heterocycles. The van der Waals surface area contributed by atoms with Crippen molar-refractivity contribution in [2.24, 2.45) is 0 Å². The van der Waals surface area contributed by atoms with Crippen LogP contribution < -0.4 is 10.1 Å². The first-order valence-electron chi connectivity index (χ1n) is 7.19. The predicted molar refractivity (Wildman–Crippen MR) is 81.3 cm³/mol. The SMILES string of the molecule is C=CCC[C@@H](c1ccc(OC)cc1O)N1CCNCC1. The summed E-state index contributed by atoms with van der Waals surface area (Å²) in [5, 5.41) is 13.6. The Balaban J connectivity index is 2.22. The van der Waals surface area contributed by atoms with Crippen molar-refractivity contribution >= 4 is 0 Å². The van der Waals surface area contributed by atoms with Crippen LogP contribution in [0.1, 0.15) is 24.4 Å². The first-order chi connectivity index (χ1) is 9.76. The highest BCUT2D eigenvalue weighted by molar-refractivity contribution is 5.41. The lowest BCUT2D eigenvalue weighted by molar-refractivity contribution is 0.163. The molecule has 1 heterocycles. The average molecular weight is 276 g/mol. The number of allylic oxidation sites excluding steroid dienone is 1. The van der Waals surface area contributed by atoms with Gasteiger partial charge in [0.05, 0.1) is 7.11 Å². The summed E-state index contributed by atoms with van der Waals surface area (Å²) in [6.07, 6.45) is 3.86. The minimum Gasteiger partial charge on any atom is -0.507 e. The molecule has 2 rings (SSSR count). The molecule has 0 radical (unpaired) electrons. The average Bonchev–Trinajstić information content (AvgIpc) is 2.50. The third-order valence-electron chi connectivity index (χ3n) is 3.83. The van der Waals surface area contributed by atoms with Gasteiger partial charge in [-0.1, -0.05) is 12.1 Å². The summed E-state index contributed by atoms with van der Waals surface area (Å²) in [5.74, 6) is 1.01. The van der Waals surface area contributed by atoms with Crippen LogP contribution in [-0.2, 0) is 0 Å². The molecule has 0 spiro atoms. The molecule has 1 aliphatic heterocycles.